The lowest BCUT2D eigenvalue weighted by Crippen LogP contribution is -2.31. The van der Waals surface area contributed by atoms with Gasteiger partial charge in [-0.1, -0.05) is 22.4 Å². The number of hydrogen-bond acceptors (Lipinski definition) is 3. The van der Waals surface area contributed by atoms with Crippen molar-refractivity contribution in [3.8, 4) is 0 Å². The minimum atomic E-state index is -3.40. The third-order valence-corrected chi connectivity index (χ3v) is 5.66. The fourth-order valence-electron chi connectivity index (χ4n) is 2.03. The van der Waals surface area contributed by atoms with E-state index < -0.39 is 10.0 Å². The molecule has 1 aliphatic rings. The number of hydrogen-bond donors (Lipinski definition) is 1. The topological polar surface area (TPSA) is 59.1 Å². The van der Waals surface area contributed by atoms with Gasteiger partial charge in [0.2, 0.25) is 10.0 Å². The first-order valence-electron chi connectivity index (χ1n) is 5.63. The Bertz CT molecular complexity index is 464. The predicted octanol–water partition coefficient (Wildman–Crippen LogP) is 1.92. The molecule has 4 nitrogen and oxygen atoms in total. The van der Waals surface area contributed by atoms with Crippen LogP contribution in [-0.2, 0) is 10.0 Å². The van der Waals surface area contributed by atoms with Crippen LogP contribution in [0.5, 0.6) is 0 Å². The lowest BCUT2D eigenvalue weighted by atomic mass is 10.1. The van der Waals surface area contributed by atoms with E-state index >= 15 is 0 Å². The fourth-order valence-corrected chi connectivity index (χ4v) is 3.86. The van der Waals surface area contributed by atoms with Crippen LogP contribution in [0.15, 0.2) is 29.4 Å². The average Bonchev–Trinajstić information content (AvgIpc) is 2.74. The van der Waals surface area contributed by atoms with E-state index in [1.54, 1.807) is 18.3 Å². The van der Waals surface area contributed by atoms with E-state index in [0.29, 0.717) is 17.3 Å². The van der Waals surface area contributed by atoms with Crippen LogP contribution in [0.4, 0.5) is 0 Å². The predicted molar refractivity (Wildman–Crippen MR) is 69.5 cm³/mol. The smallest absolute Gasteiger partial charge is 0.242 e. The zero-order valence-electron chi connectivity index (χ0n) is 9.34. The normalized spacial score (nSPS) is 25.0. The van der Waals surface area contributed by atoms with Gasteiger partial charge in [0.15, 0.2) is 0 Å². The highest BCUT2D eigenvalue weighted by atomic mass is 79.9. The highest BCUT2D eigenvalue weighted by Crippen LogP contribution is 2.31. The van der Waals surface area contributed by atoms with Gasteiger partial charge in [-0.15, -0.1) is 0 Å². The molecule has 0 saturated heterocycles. The van der Waals surface area contributed by atoms with Crippen LogP contribution < -0.4 is 4.72 Å². The highest BCUT2D eigenvalue weighted by molar-refractivity contribution is 9.09. The Morgan fingerprint density at radius 3 is 2.88 bits per heavy atom. The van der Waals surface area contributed by atoms with E-state index in [1.807, 2.05) is 0 Å². The second kappa shape index (κ2) is 5.46. The minimum absolute atomic E-state index is 0.226. The molecule has 2 unspecified atom stereocenters. The molecule has 0 amide bonds. The Labute approximate surface area is 110 Å². The van der Waals surface area contributed by atoms with Gasteiger partial charge in [0, 0.05) is 23.8 Å². The number of nitrogens with one attached hydrogen (secondary N) is 1. The van der Waals surface area contributed by atoms with Crippen LogP contribution >= 0.6 is 15.9 Å². The summed E-state index contributed by atoms with van der Waals surface area (Å²) in [5, 5.41) is 0. The van der Waals surface area contributed by atoms with Crippen LogP contribution in [0, 0.1) is 5.92 Å². The summed E-state index contributed by atoms with van der Waals surface area (Å²) in [7, 11) is -3.40. The molecule has 0 spiro atoms. The van der Waals surface area contributed by atoms with E-state index in [2.05, 4.69) is 25.6 Å². The van der Waals surface area contributed by atoms with Gasteiger partial charge >= 0.3 is 0 Å². The second-order valence-corrected chi connectivity index (χ2v) is 7.19. The molecule has 1 heterocycles. The number of rotatable bonds is 4. The summed E-state index contributed by atoms with van der Waals surface area (Å²) in [5.41, 5.74) is 0. The number of sulfonamides is 1. The van der Waals surface area contributed by atoms with Gasteiger partial charge in [-0.2, -0.15) is 0 Å². The van der Waals surface area contributed by atoms with E-state index in [1.165, 1.54) is 6.20 Å². The molecule has 2 rings (SSSR count). The molecular weight excluding hydrogens is 304 g/mol. The lowest BCUT2D eigenvalue weighted by Gasteiger charge is -2.14. The zero-order valence-corrected chi connectivity index (χ0v) is 11.7. The first-order chi connectivity index (χ1) is 8.09. The minimum Gasteiger partial charge on any atom is -0.263 e. The Hall–Kier alpha value is -0.460. The number of halogens is 1. The Kier molecular flexibility index (Phi) is 4.17. The summed E-state index contributed by atoms with van der Waals surface area (Å²) in [5.74, 6) is 0.390. The van der Waals surface area contributed by atoms with Gasteiger partial charge in [0.1, 0.15) is 4.90 Å². The molecule has 0 aliphatic heterocycles. The monoisotopic (exact) mass is 318 g/mol. The number of nitrogens with zero attached hydrogens (tertiary/aromatic N) is 1. The molecular formula is C11H15BrN2O2S. The Morgan fingerprint density at radius 2 is 2.29 bits per heavy atom. The van der Waals surface area contributed by atoms with E-state index in [4.69, 9.17) is 0 Å². The maximum Gasteiger partial charge on any atom is 0.242 e. The molecule has 6 heteroatoms. The molecule has 1 aliphatic carbocycles. The van der Waals surface area contributed by atoms with Crippen molar-refractivity contribution in [2.75, 3.05) is 6.54 Å². The van der Waals surface area contributed by atoms with Crippen molar-refractivity contribution in [2.45, 2.75) is 29.0 Å². The quantitative estimate of drug-likeness (QED) is 0.863. The van der Waals surface area contributed by atoms with Crippen molar-refractivity contribution in [2.24, 2.45) is 5.92 Å². The third-order valence-electron chi connectivity index (χ3n) is 3.05. The molecule has 1 N–H and O–H groups in total. The van der Waals surface area contributed by atoms with Crippen molar-refractivity contribution in [3.05, 3.63) is 24.5 Å². The lowest BCUT2D eigenvalue weighted by molar-refractivity contribution is 0.529. The summed E-state index contributed by atoms with van der Waals surface area (Å²) in [4.78, 5) is 4.47. The second-order valence-electron chi connectivity index (χ2n) is 4.25. The SMILES string of the molecule is O=S(=O)(NCC1CCCC1Br)c1cccnc1. The molecule has 94 valence electrons. The summed E-state index contributed by atoms with van der Waals surface area (Å²) in [6.07, 6.45) is 6.28. The number of alkyl halides is 1. The highest BCUT2D eigenvalue weighted by Gasteiger charge is 2.26. The molecule has 0 radical (unpaired) electrons. The van der Waals surface area contributed by atoms with Crippen molar-refractivity contribution < 1.29 is 8.42 Å². The molecule has 1 aromatic rings. The van der Waals surface area contributed by atoms with E-state index in [-0.39, 0.29) is 4.90 Å². The summed E-state index contributed by atoms with van der Waals surface area (Å²) < 4.78 is 26.5. The maximum absolute atomic E-state index is 11.9. The maximum atomic E-state index is 11.9. The van der Waals surface area contributed by atoms with Crippen molar-refractivity contribution in [3.63, 3.8) is 0 Å². The number of aromatic nitrogens is 1. The van der Waals surface area contributed by atoms with E-state index in [0.717, 1.165) is 19.3 Å². The van der Waals surface area contributed by atoms with Gasteiger partial charge < -0.3 is 0 Å². The zero-order chi connectivity index (χ0) is 12.3. The largest absolute Gasteiger partial charge is 0.263 e. The van der Waals surface area contributed by atoms with Gasteiger partial charge in [0.05, 0.1) is 0 Å². The molecule has 0 bridgehead atoms. The van der Waals surface area contributed by atoms with Crippen LogP contribution in [0.3, 0.4) is 0 Å². The first-order valence-corrected chi connectivity index (χ1v) is 8.03. The van der Waals surface area contributed by atoms with Crippen LogP contribution in [0.25, 0.3) is 0 Å². The molecule has 2 atom stereocenters. The molecule has 0 aromatic carbocycles. The first kappa shape index (κ1) is 13.0. The summed E-state index contributed by atoms with van der Waals surface area (Å²) in [6.45, 7) is 0.493. The number of pyridine rings is 1. The molecule has 1 saturated carbocycles. The standard InChI is InChI=1S/C11H15BrN2O2S/c12-11-5-1-3-9(11)7-14-17(15,16)10-4-2-6-13-8-10/h2,4,6,8-9,11,14H,1,3,5,7H2. The van der Waals surface area contributed by atoms with Crippen LogP contribution in [-0.4, -0.2) is 24.8 Å². The van der Waals surface area contributed by atoms with Crippen LogP contribution in [0.1, 0.15) is 19.3 Å². The molecule has 1 aromatic heterocycles. The van der Waals surface area contributed by atoms with Crippen molar-refractivity contribution >= 4 is 26.0 Å². The fraction of sp³-hybridized carbons (Fsp3) is 0.545. The molecule has 1 fully saturated rings. The van der Waals surface area contributed by atoms with Gasteiger partial charge in [-0.25, -0.2) is 13.1 Å². The Morgan fingerprint density at radius 1 is 1.47 bits per heavy atom. The summed E-state index contributed by atoms with van der Waals surface area (Å²) in [6, 6.07) is 3.17. The van der Waals surface area contributed by atoms with Gasteiger partial charge in [-0.05, 0) is 30.9 Å². The average molecular weight is 319 g/mol. The Balaban J connectivity index is 1.99. The van der Waals surface area contributed by atoms with E-state index in [9.17, 15) is 8.42 Å². The summed E-state index contributed by atoms with van der Waals surface area (Å²) >= 11 is 3.58. The van der Waals surface area contributed by atoms with Gasteiger partial charge in [0.25, 0.3) is 0 Å². The van der Waals surface area contributed by atoms with Crippen molar-refractivity contribution in [1.29, 1.82) is 0 Å². The van der Waals surface area contributed by atoms with Crippen molar-refractivity contribution in [1.82, 2.24) is 9.71 Å². The third kappa shape index (κ3) is 3.26. The molecule has 17 heavy (non-hydrogen) atoms. The van der Waals surface area contributed by atoms with Gasteiger partial charge in [-0.3, -0.25) is 4.98 Å². The van der Waals surface area contributed by atoms with Crippen LogP contribution in [0.2, 0.25) is 0 Å².